The first-order chi connectivity index (χ1) is 17.7. The Morgan fingerprint density at radius 2 is 2.03 bits per heavy atom. The van der Waals surface area contributed by atoms with Gasteiger partial charge < -0.3 is 19.9 Å². The molecule has 1 unspecified atom stereocenters. The highest BCUT2D eigenvalue weighted by molar-refractivity contribution is 6.34. The number of benzene rings is 2. The topological polar surface area (TPSA) is 130 Å². The number of carbonyl (C=O) groups is 3. The normalized spacial score (nSPS) is 24.9. The van der Waals surface area contributed by atoms with E-state index in [1.54, 1.807) is 25.1 Å². The molecule has 3 N–H and O–H groups in total. The second-order valence-corrected chi connectivity index (χ2v) is 9.71. The van der Waals surface area contributed by atoms with Gasteiger partial charge in [-0.25, -0.2) is 9.59 Å². The van der Waals surface area contributed by atoms with Gasteiger partial charge in [-0.05, 0) is 43.9 Å². The first-order valence-electron chi connectivity index (χ1n) is 12.0. The second kappa shape index (κ2) is 11.2. The monoisotopic (exact) mass is 528 g/mol. The average molecular weight is 529 g/mol. The number of nitrogens with zero attached hydrogens (tertiary/aromatic N) is 2. The van der Waals surface area contributed by atoms with Crippen LogP contribution in [0.2, 0.25) is 5.02 Å². The predicted molar refractivity (Wildman–Crippen MR) is 138 cm³/mol. The van der Waals surface area contributed by atoms with E-state index >= 15 is 0 Å². The third kappa shape index (κ3) is 6.20. The summed E-state index contributed by atoms with van der Waals surface area (Å²) in [5.74, 6) is -0.334. The van der Waals surface area contributed by atoms with Crippen LogP contribution in [0.5, 0.6) is 0 Å². The number of carboxylic acid groups (broad SMARTS) is 1. The first-order valence-corrected chi connectivity index (χ1v) is 12.3. The van der Waals surface area contributed by atoms with Crippen LogP contribution in [0.4, 0.5) is 15.3 Å². The third-order valence-corrected chi connectivity index (χ3v) is 6.86. The van der Waals surface area contributed by atoms with E-state index < -0.39 is 17.7 Å². The summed E-state index contributed by atoms with van der Waals surface area (Å²) in [6, 6.07) is 14.0. The summed E-state index contributed by atoms with van der Waals surface area (Å²) >= 11 is 6.69. The maximum Gasteiger partial charge on any atom is 0.434 e. The van der Waals surface area contributed by atoms with Crippen molar-refractivity contribution in [3.8, 4) is 0 Å². The molecule has 0 bridgehead atoms. The van der Waals surface area contributed by atoms with Gasteiger partial charge in [-0.1, -0.05) is 54.1 Å². The Hall–Kier alpha value is -3.63. The second-order valence-electron chi connectivity index (χ2n) is 9.33. The molecule has 0 spiro atoms. The van der Waals surface area contributed by atoms with Crippen LogP contribution in [0.1, 0.15) is 44.2 Å². The Morgan fingerprint density at radius 3 is 2.73 bits per heavy atom. The highest BCUT2D eigenvalue weighted by Crippen LogP contribution is 2.38. The van der Waals surface area contributed by atoms with Gasteiger partial charge in [-0.3, -0.25) is 15.0 Å². The van der Waals surface area contributed by atoms with Gasteiger partial charge in [0.2, 0.25) is 11.9 Å². The fourth-order valence-corrected chi connectivity index (χ4v) is 5.08. The van der Waals surface area contributed by atoms with Gasteiger partial charge in [0.25, 0.3) is 0 Å². The van der Waals surface area contributed by atoms with Crippen molar-refractivity contribution in [2.24, 2.45) is 4.99 Å². The van der Waals surface area contributed by atoms with Crippen molar-refractivity contribution < 1.29 is 29.0 Å². The van der Waals surface area contributed by atoms with Crippen LogP contribution in [0.15, 0.2) is 53.5 Å². The van der Waals surface area contributed by atoms with Crippen LogP contribution >= 0.6 is 11.6 Å². The third-order valence-electron chi connectivity index (χ3n) is 6.46. The lowest BCUT2D eigenvalue weighted by Crippen LogP contribution is -2.63. The molecule has 11 heteroatoms. The van der Waals surface area contributed by atoms with Gasteiger partial charge in [0.05, 0.1) is 28.8 Å². The van der Waals surface area contributed by atoms with Crippen molar-refractivity contribution in [2.75, 3.05) is 11.9 Å². The molecule has 2 saturated heterocycles. The maximum atomic E-state index is 13.4. The number of rotatable bonds is 5. The zero-order chi connectivity index (χ0) is 26.6. The number of aliphatic imine (C=N–C) groups is 1. The molecule has 196 valence electrons. The van der Waals surface area contributed by atoms with Crippen LogP contribution in [-0.4, -0.2) is 52.8 Å². The SMILES string of the molecule is C[C@@H]1CC(N2C(=O)C[C@@](C)(c3cccc(NC(=O)OCc4ccccc4)c3Cl)N/C2=N\C(=O)O)CCO1. The number of nitrogens with one attached hydrogen (secondary N) is 2. The van der Waals surface area contributed by atoms with E-state index in [0.717, 1.165) is 5.56 Å². The molecular formula is C26H29ClN4O6. The number of halogens is 1. The van der Waals surface area contributed by atoms with E-state index in [2.05, 4.69) is 15.6 Å². The van der Waals surface area contributed by atoms with Crippen LogP contribution in [-0.2, 0) is 26.4 Å². The Bertz CT molecular complexity index is 1210. The molecule has 0 radical (unpaired) electrons. The van der Waals surface area contributed by atoms with Gasteiger partial charge in [0.1, 0.15) is 6.61 Å². The fourth-order valence-electron chi connectivity index (χ4n) is 4.70. The zero-order valence-corrected chi connectivity index (χ0v) is 21.3. The summed E-state index contributed by atoms with van der Waals surface area (Å²) in [6.07, 6.45) is -1.04. The molecule has 37 heavy (non-hydrogen) atoms. The van der Waals surface area contributed by atoms with Crippen molar-refractivity contribution in [3.05, 3.63) is 64.7 Å². The largest absolute Gasteiger partial charge is 0.463 e. The molecule has 3 amide bonds. The number of hydrogen-bond acceptors (Lipinski definition) is 5. The fraction of sp³-hybridized carbons (Fsp3) is 0.385. The molecule has 0 aliphatic carbocycles. The number of hydrogen-bond donors (Lipinski definition) is 3. The number of ether oxygens (including phenoxy) is 2. The Balaban J connectivity index is 1.55. The average Bonchev–Trinajstić information content (AvgIpc) is 2.84. The van der Waals surface area contributed by atoms with E-state index in [-0.39, 0.29) is 42.1 Å². The Kier molecular flexibility index (Phi) is 7.99. The summed E-state index contributed by atoms with van der Waals surface area (Å²) in [6.45, 7) is 4.21. The van der Waals surface area contributed by atoms with E-state index in [1.807, 2.05) is 37.3 Å². The minimum Gasteiger partial charge on any atom is -0.463 e. The molecule has 2 aromatic carbocycles. The summed E-state index contributed by atoms with van der Waals surface area (Å²) in [4.78, 5) is 42.5. The highest BCUT2D eigenvalue weighted by Gasteiger charge is 2.44. The van der Waals surface area contributed by atoms with Crippen molar-refractivity contribution in [3.63, 3.8) is 0 Å². The Labute approximate surface area is 219 Å². The molecule has 2 heterocycles. The molecule has 2 aliphatic rings. The molecule has 0 aromatic heterocycles. The zero-order valence-electron chi connectivity index (χ0n) is 20.6. The molecule has 2 fully saturated rings. The standard InChI is InChI=1S/C26H29ClN4O6/c1-16-13-18(11-12-36-16)31-21(32)14-26(2,30-23(31)29-24(33)34)19-9-6-10-20(22(19)27)28-25(35)37-15-17-7-4-3-5-8-17/h3-10,16,18H,11-15H2,1-2H3,(H,28,35)(H,29,30)(H,33,34)/t16-,18?,26+/m1/s1. The lowest BCUT2D eigenvalue weighted by Gasteiger charge is -2.45. The number of anilines is 1. The van der Waals surface area contributed by atoms with Crippen LogP contribution in [0.3, 0.4) is 0 Å². The van der Waals surface area contributed by atoms with Crippen molar-refractivity contribution in [1.29, 1.82) is 0 Å². The summed E-state index contributed by atoms with van der Waals surface area (Å²) in [5.41, 5.74) is 0.552. The van der Waals surface area contributed by atoms with Crippen LogP contribution in [0.25, 0.3) is 0 Å². The van der Waals surface area contributed by atoms with Crippen molar-refractivity contribution >= 4 is 41.3 Å². The quantitative estimate of drug-likeness (QED) is 0.511. The lowest BCUT2D eigenvalue weighted by atomic mass is 9.85. The van der Waals surface area contributed by atoms with Gasteiger partial charge in [0, 0.05) is 12.6 Å². The van der Waals surface area contributed by atoms with E-state index in [9.17, 15) is 19.5 Å². The predicted octanol–water partition coefficient (Wildman–Crippen LogP) is 4.73. The van der Waals surface area contributed by atoms with Crippen LogP contribution < -0.4 is 10.6 Å². The smallest absolute Gasteiger partial charge is 0.434 e. The van der Waals surface area contributed by atoms with Gasteiger partial charge in [0.15, 0.2) is 0 Å². The van der Waals surface area contributed by atoms with Gasteiger partial charge in [-0.15, -0.1) is 4.99 Å². The number of amides is 3. The van der Waals surface area contributed by atoms with E-state index in [1.165, 1.54) is 4.90 Å². The maximum absolute atomic E-state index is 13.4. The lowest BCUT2D eigenvalue weighted by molar-refractivity contribution is -0.134. The molecule has 4 rings (SSSR count). The summed E-state index contributed by atoms with van der Waals surface area (Å²) in [5, 5.41) is 15.4. The number of carbonyl (C=O) groups excluding carboxylic acids is 2. The highest BCUT2D eigenvalue weighted by atomic mass is 35.5. The van der Waals surface area contributed by atoms with Crippen molar-refractivity contribution in [1.82, 2.24) is 10.2 Å². The first kappa shape index (κ1) is 26.4. The summed E-state index contributed by atoms with van der Waals surface area (Å²) in [7, 11) is 0. The van der Waals surface area contributed by atoms with Gasteiger partial charge in [-0.2, -0.15) is 0 Å². The van der Waals surface area contributed by atoms with E-state index in [0.29, 0.717) is 30.7 Å². The minimum atomic E-state index is -1.42. The molecule has 10 nitrogen and oxygen atoms in total. The summed E-state index contributed by atoms with van der Waals surface area (Å²) < 4.78 is 10.9. The Morgan fingerprint density at radius 1 is 1.27 bits per heavy atom. The van der Waals surface area contributed by atoms with E-state index in [4.69, 9.17) is 21.1 Å². The molecule has 0 saturated carbocycles. The molecule has 2 aromatic rings. The minimum absolute atomic E-state index is 0.000988. The molecule has 3 atom stereocenters. The van der Waals surface area contributed by atoms with Gasteiger partial charge >= 0.3 is 12.2 Å². The molecular weight excluding hydrogens is 500 g/mol. The van der Waals surface area contributed by atoms with Crippen LogP contribution in [0, 0.1) is 0 Å². The van der Waals surface area contributed by atoms with Crippen molar-refractivity contribution in [2.45, 2.75) is 57.4 Å². The molecule has 2 aliphatic heterocycles. The number of guanidine groups is 1.